The molecule has 112 valence electrons. The minimum absolute atomic E-state index is 0.0329. The number of aryl methyl sites for hydroxylation is 1. The molecule has 2 aromatic carbocycles. The quantitative estimate of drug-likeness (QED) is 0.782. The Morgan fingerprint density at radius 2 is 1.71 bits per heavy atom. The third kappa shape index (κ3) is 3.61. The van der Waals surface area contributed by atoms with Crippen LogP contribution in [0.15, 0.2) is 41.3 Å². The molecule has 0 N–H and O–H groups in total. The van der Waals surface area contributed by atoms with Crippen LogP contribution in [0.3, 0.4) is 0 Å². The maximum Gasteiger partial charge on any atom is 0.340 e. The van der Waals surface area contributed by atoms with Gasteiger partial charge in [0.25, 0.3) is 0 Å². The maximum atomic E-state index is 12.3. The zero-order valence-electron chi connectivity index (χ0n) is 11.3. The molecule has 0 aliphatic carbocycles. The van der Waals surface area contributed by atoms with E-state index in [0.29, 0.717) is 5.75 Å². The van der Waals surface area contributed by atoms with E-state index in [1.54, 1.807) is 12.1 Å². The summed E-state index contributed by atoms with van der Waals surface area (Å²) in [7, 11) is -2.68. The van der Waals surface area contributed by atoms with Crippen LogP contribution in [0.25, 0.3) is 0 Å². The van der Waals surface area contributed by atoms with Crippen LogP contribution in [0.1, 0.15) is 5.56 Å². The van der Waals surface area contributed by atoms with Crippen molar-refractivity contribution in [3.8, 4) is 11.5 Å². The van der Waals surface area contributed by atoms with Gasteiger partial charge in [-0.25, -0.2) is 0 Å². The van der Waals surface area contributed by atoms with Gasteiger partial charge in [-0.3, -0.25) is 0 Å². The second-order valence-corrected chi connectivity index (χ2v) is 6.62. The van der Waals surface area contributed by atoms with Crippen LogP contribution in [-0.2, 0) is 10.1 Å². The van der Waals surface area contributed by atoms with Crippen LogP contribution in [0.5, 0.6) is 11.5 Å². The van der Waals surface area contributed by atoms with Crippen molar-refractivity contribution in [3.63, 3.8) is 0 Å². The van der Waals surface area contributed by atoms with Crippen molar-refractivity contribution in [2.75, 3.05) is 7.11 Å². The van der Waals surface area contributed by atoms with Crippen LogP contribution in [0.2, 0.25) is 10.0 Å². The first kappa shape index (κ1) is 15.9. The Kier molecular flexibility index (Phi) is 4.66. The number of hydrogen-bond donors (Lipinski definition) is 0. The van der Waals surface area contributed by atoms with Crippen molar-refractivity contribution >= 4 is 33.3 Å². The molecule has 0 fully saturated rings. The summed E-state index contributed by atoms with van der Waals surface area (Å²) in [6, 6.07) is 9.03. The summed E-state index contributed by atoms with van der Waals surface area (Å²) < 4.78 is 34.8. The van der Waals surface area contributed by atoms with E-state index >= 15 is 0 Å². The molecule has 4 nitrogen and oxygen atoms in total. The summed E-state index contributed by atoms with van der Waals surface area (Å²) in [6.45, 7) is 1.86. The second kappa shape index (κ2) is 6.13. The summed E-state index contributed by atoms with van der Waals surface area (Å²) in [5.41, 5.74) is 0.914. The molecular formula is C14H12Cl2O4S. The highest BCUT2D eigenvalue weighted by Crippen LogP contribution is 2.33. The molecule has 2 aromatic rings. The average Bonchev–Trinajstić information content (AvgIpc) is 2.43. The smallest absolute Gasteiger partial charge is 0.340 e. The average molecular weight is 347 g/mol. The third-order valence-electron chi connectivity index (χ3n) is 2.68. The lowest BCUT2D eigenvalue weighted by atomic mass is 10.2. The fraction of sp³-hybridized carbons (Fsp3) is 0.143. The molecule has 0 aliphatic heterocycles. The summed E-state index contributed by atoms with van der Waals surface area (Å²) in [5, 5.41) is 0.280. The lowest BCUT2D eigenvalue weighted by molar-refractivity contribution is 0.390. The third-order valence-corrected chi connectivity index (χ3v) is 4.63. The Morgan fingerprint density at radius 3 is 2.38 bits per heavy atom. The lowest BCUT2D eigenvalue weighted by Crippen LogP contribution is -2.11. The number of hydrogen-bond acceptors (Lipinski definition) is 4. The standard InChI is InChI=1S/C14H12Cl2O4S/c1-9-3-6-12(13(7-9)19-2)20-21(17,18)14-8-10(15)4-5-11(14)16/h3-8H,1-2H3. The van der Waals surface area contributed by atoms with E-state index in [0.717, 1.165) is 5.56 Å². The molecule has 0 heterocycles. The largest absolute Gasteiger partial charge is 0.493 e. The molecule has 0 unspecified atom stereocenters. The topological polar surface area (TPSA) is 52.6 Å². The number of rotatable bonds is 4. The Hall–Kier alpha value is -1.43. The number of methoxy groups -OCH3 is 1. The molecule has 0 atom stereocenters. The van der Waals surface area contributed by atoms with Crippen molar-refractivity contribution in [1.82, 2.24) is 0 Å². The maximum absolute atomic E-state index is 12.3. The van der Waals surface area contributed by atoms with Gasteiger partial charge in [0.15, 0.2) is 11.5 Å². The SMILES string of the molecule is COc1cc(C)ccc1OS(=O)(=O)c1cc(Cl)ccc1Cl. The molecule has 0 aromatic heterocycles. The van der Waals surface area contributed by atoms with E-state index in [9.17, 15) is 8.42 Å². The number of ether oxygens (including phenoxy) is 1. The predicted octanol–water partition coefficient (Wildman–Crippen LogP) is 4.08. The van der Waals surface area contributed by atoms with Crippen molar-refractivity contribution < 1.29 is 17.3 Å². The Balaban J connectivity index is 2.45. The van der Waals surface area contributed by atoms with Gasteiger partial charge in [0.05, 0.1) is 12.1 Å². The van der Waals surface area contributed by atoms with Crippen molar-refractivity contribution in [2.45, 2.75) is 11.8 Å². The monoisotopic (exact) mass is 346 g/mol. The van der Waals surface area contributed by atoms with Crippen LogP contribution in [0, 0.1) is 6.92 Å². The van der Waals surface area contributed by atoms with Crippen molar-refractivity contribution in [1.29, 1.82) is 0 Å². The molecule has 0 aliphatic rings. The molecular weight excluding hydrogens is 335 g/mol. The number of halogens is 2. The summed E-state index contributed by atoms with van der Waals surface area (Å²) in [6.07, 6.45) is 0. The van der Waals surface area contributed by atoms with E-state index in [2.05, 4.69) is 0 Å². The van der Waals surface area contributed by atoms with E-state index < -0.39 is 10.1 Å². The van der Waals surface area contributed by atoms with E-state index in [-0.39, 0.29) is 20.7 Å². The first-order valence-electron chi connectivity index (χ1n) is 5.87. The lowest BCUT2D eigenvalue weighted by Gasteiger charge is -2.12. The van der Waals surface area contributed by atoms with E-state index in [1.807, 2.05) is 6.92 Å². The van der Waals surface area contributed by atoms with Gasteiger partial charge in [0.1, 0.15) is 4.90 Å². The van der Waals surface area contributed by atoms with E-state index in [4.69, 9.17) is 32.1 Å². The van der Waals surface area contributed by atoms with Gasteiger partial charge >= 0.3 is 10.1 Å². The zero-order valence-corrected chi connectivity index (χ0v) is 13.6. The Bertz CT molecular complexity index is 773. The molecule has 21 heavy (non-hydrogen) atoms. The van der Waals surface area contributed by atoms with Crippen molar-refractivity contribution in [2.24, 2.45) is 0 Å². The summed E-state index contributed by atoms with van der Waals surface area (Å²) >= 11 is 11.7. The Morgan fingerprint density at radius 1 is 1.00 bits per heavy atom. The van der Waals surface area contributed by atoms with Gasteiger partial charge in [-0.2, -0.15) is 8.42 Å². The molecule has 0 bridgehead atoms. The van der Waals surface area contributed by atoms with Gasteiger partial charge in [0, 0.05) is 5.02 Å². The molecule has 0 spiro atoms. The predicted molar refractivity (Wildman–Crippen MR) is 82.0 cm³/mol. The highest BCUT2D eigenvalue weighted by Gasteiger charge is 2.22. The summed E-state index contributed by atoms with van der Waals surface area (Å²) in [5.74, 6) is 0.399. The van der Waals surface area contributed by atoms with Crippen LogP contribution in [-0.4, -0.2) is 15.5 Å². The van der Waals surface area contributed by atoms with Gasteiger partial charge in [-0.05, 0) is 42.8 Å². The van der Waals surface area contributed by atoms with Gasteiger partial charge < -0.3 is 8.92 Å². The molecule has 0 saturated heterocycles. The van der Waals surface area contributed by atoms with E-state index in [1.165, 1.54) is 31.4 Å². The van der Waals surface area contributed by atoms with Gasteiger partial charge in [0.2, 0.25) is 0 Å². The molecule has 7 heteroatoms. The zero-order chi connectivity index (χ0) is 15.6. The van der Waals surface area contributed by atoms with Crippen LogP contribution in [0.4, 0.5) is 0 Å². The highest BCUT2D eigenvalue weighted by atomic mass is 35.5. The minimum Gasteiger partial charge on any atom is -0.493 e. The van der Waals surface area contributed by atoms with Crippen LogP contribution >= 0.6 is 23.2 Å². The fourth-order valence-corrected chi connectivity index (χ4v) is 3.36. The van der Waals surface area contributed by atoms with Gasteiger partial charge in [-0.15, -0.1) is 0 Å². The first-order chi connectivity index (χ1) is 9.83. The Labute approximate surface area is 133 Å². The first-order valence-corrected chi connectivity index (χ1v) is 8.04. The molecule has 2 rings (SSSR count). The number of benzene rings is 2. The normalized spacial score (nSPS) is 11.2. The van der Waals surface area contributed by atoms with Crippen molar-refractivity contribution in [3.05, 3.63) is 52.0 Å². The summed E-state index contributed by atoms with van der Waals surface area (Å²) in [4.78, 5) is -0.195. The molecule has 0 saturated carbocycles. The molecule has 0 amide bonds. The highest BCUT2D eigenvalue weighted by molar-refractivity contribution is 7.87. The van der Waals surface area contributed by atoms with Gasteiger partial charge in [-0.1, -0.05) is 29.3 Å². The second-order valence-electron chi connectivity index (χ2n) is 4.27. The molecule has 0 radical (unpaired) electrons. The van der Waals surface area contributed by atoms with Crippen LogP contribution < -0.4 is 8.92 Å². The minimum atomic E-state index is -4.11. The fourth-order valence-electron chi connectivity index (χ4n) is 1.68.